The molecule has 0 radical (unpaired) electrons. The van der Waals surface area contributed by atoms with Crippen molar-refractivity contribution >= 4 is 11.5 Å². The van der Waals surface area contributed by atoms with Gasteiger partial charge in [0.15, 0.2) is 11.5 Å². The molecule has 0 amide bonds. The zero-order valence-electron chi connectivity index (χ0n) is 13.2. The molecule has 0 aliphatic rings. The summed E-state index contributed by atoms with van der Waals surface area (Å²) in [5, 5.41) is 12.7. The summed E-state index contributed by atoms with van der Waals surface area (Å²) < 4.78 is 14.9. The van der Waals surface area contributed by atoms with E-state index in [1.165, 1.54) is 12.1 Å². The number of aromatic hydroxyl groups is 1. The lowest BCUT2D eigenvalue weighted by molar-refractivity contribution is 0.475. The maximum Gasteiger partial charge on any atom is 0.180 e. The number of hydrogen-bond donors (Lipinski definition) is 2. The Morgan fingerprint density at radius 2 is 1.76 bits per heavy atom. The zero-order chi connectivity index (χ0) is 17.2. The lowest BCUT2D eigenvalue weighted by Crippen LogP contribution is -2.04. The molecule has 2 N–H and O–H groups in total. The number of hydrogen-bond acceptors (Lipinski definition) is 4. The first-order chi connectivity index (χ1) is 12.2. The Morgan fingerprint density at radius 3 is 2.52 bits per heavy atom. The van der Waals surface area contributed by atoms with Gasteiger partial charge in [-0.05, 0) is 42.0 Å². The third kappa shape index (κ3) is 3.01. The number of aromatic nitrogens is 3. The Bertz CT molecular complexity index is 1010. The number of rotatable bonds is 4. The fourth-order valence-electron chi connectivity index (χ4n) is 2.68. The summed E-state index contributed by atoms with van der Waals surface area (Å²) in [5.41, 5.74) is 3.51. The van der Waals surface area contributed by atoms with Crippen LogP contribution in [0.3, 0.4) is 0 Å². The van der Waals surface area contributed by atoms with Crippen molar-refractivity contribution in [1.29, 1.82) is 0 Å². The molecule has 4 rings (SSSR count). The molecule has 6 heteroatoms. The van der Waals surface area contributed by atoms with Crippen LogP contribution in [0.1, 0.15) is 5.56 Å². The Balaban J connectivity index is 1.64. The predicted octanol–water partition coefficient (Wildman–Crippen LogP) is 3.85. The van der Waals surface area contributed by atoms with Gasteiger partial charge >= 0.3 is 0 Å². The van der Waals surface area contributed by atoms with Crippen LogP contribution in [0.2, 0.25) is 0 Å². The van der Waals surface area contributed by atoms with Crippen molar-refractivity contribution in [2.45, 2.75) is 6.54 Å². The van der Waals surface area contributed by atoms with E-state index in [1.54, 1.807) is 36.7 Å². The highest BCUT2D eigenvalue weighted by Crippen LogP contribution is 2.25. The quantitative estimate of drug-likeness (QED) is 0.595. The first-order valence-corrected chi connectivity index (χ1v) is 7.80. The van der Waals surface area contributed by atoms with Gasteiger partial charge in [-0.2, -0.15) is 0 Å². The van der Waals surface area contributed by atoms with Crippen molar-refractivity contribution in [2.24, 2.45) is 0 Å². The Morgan fingerprint density at radius 1 is 1.00 bits per heavy atom. The van der Waals surface area contributed by atoms with Crippen molar-refractivity contribution < 1.29 is 9.50 Å². The maximum absolute atomic E-state index is 13.0. The second-order valence-electron chi connectivity index (χ2n) is 5.64. The van der Waals surface area contributed by atoms with E-state index in [2.05, 4.69) is 15.3 Å². The number of benzene rings is 2. The van der Waals surface area contributed by atoms with Crippen LogP contribution in [-0.2, 0) is 6.54 Å². The van der Waals surface area contributed by atoms with Gasteiger partial charge in [-0.1, -0.05) is 12.1 Å². The van der Waals surface area contributed by atoms with Gasteiger partial charge in [-0.3, -0.25) is 4.40 Å². The van der Waals surface area contributed by atoms with E-state index in [0.717, 1.165) is 16.8 Å². The second-order valence-corrected chi connectivity index (χ2v) is 5.64. The average molecular weight is 334 g/mol. The highest BCUT2D eigenvalue weighted by Gasteiger charge is 2.10. The van der Waals surface area contributed by atoms with Crippen LogP contribution >= 0.6 is 0 Å². The molecule has 25 heavy (non-hydrogen) atoms. The molecule has 4 aromatic rings. The lowest BCUT2D eigenvalue weighted by atomic mass is 10.1. The fourth-order valence-corrected chi connectivity index (χ4v) is 2.68. The highest BCUT2D eigenvalue weighted by atomic mass is 19.1. The van der Waals surface area contributed by atoms with Crippen molar-refractivity contribution in [3.05, 3.63) is 78.5 Å². The van der Waals surface area contributed by atoms with Crippen molar-refractivity contribution in [3.8, 4) is 17.0 Å². The topological polar surface area (TPSA) is 62.5 Å². The molecule has 0 aliphatic heterocycles. The lowest BCUT2D eigenvalue weighted by Gasteiger charge is -2.08. The number of imidazole rings is 1. The van der Waals surface area contributed by atoms with E-state index in [-0.39, 0.29) is 11.6 Å². The minimum Gasteiger partial charge on any atom is -0.508 e. The number of phenolic OH excluding ortho intramolecular Hbond substituents is 1. The normalized spacial score (nSPS) is 10.9. The van der Waals surface area contributed by atoms with Gasteiger partial charge in [0.2, 0.25) is 0 Å². The highest BCUT2D eigenvalue weighted by molar-refractivity contribution is 5.70. The van der Waals surface area contributed by atoms with Crippen LogP contribution in [0.25, 0.3) is 16.9 Å². The summed E-state index contributed by atoms with van der Waals surface area (Å²) in [7, 11) is 0. The van der Waals surface area contributed by atoms with Gasteiger partial charge in [0.25, 0.3) is 0 Å². The molecular weight excluding hydrogens is 319 g/mol. The molecular formula is C19H15FN4O. The monoisotopic (exact) mass is 334 g/mol. The number of nitrogens with zero attached hydrogens (tertiary/aromatic N) is 3. The van der Waals surface area contributed by atoms with Gasteiger partial charge < -0.3 is 10.4 Å². The minimum absolute atomic E-state index is 0.223. The van der Waals surface area contributed by atoms with Gasteiger partial charge in [0, 0.05) is 24.5 Å². The summed E-state index contributed by atoms with van der Waals surface area (Å²) in [6.45, 7) is 0.522. The van der Waals surface area contributed by atoms with Gasteiger partial charge in [-0.15, -0.1) is 0 Å². The van der Waals surface area contributed by atoms with Crippen molar-refractivity contribution in [3.63, 3.8) is 0 Å². The van der Waals surface area contributed by atoms with Crippen LogP contribution in [0, 0.1) is 5.82 Å². The molecule has 0 saturated carbocycles. The molecule has 0 saturated heterocycles. The molecule has 2 aromatic heterocycles. The molecule has 0 unspecified atom stereocenters. The number of nitrogens with one attached hydrogen (secondary N) is 1. The number of anilines is 1. The summed E-state index contributed by atoms with van der Waals surface area (Å²) >= 11 is 0. The van der Waals surface area contributed by atoms with Crippen LogP contribution in [-0.4, -0.2) is 19.5 Å². The molecule has 0 aliphatic carbocycles. The Hall–Kier alpha value is -3.41. The minimum atomic E-state index is -0.254. The molecule has 5 nitrogen and oxygen atoms in total. The average Bonchev–Trinajstić information content (AvgIpc) is 3.07. The molecule has 0 atom stereocenters. The van der Waals surface area contributed by atoms with E-state index >= 15 is 0 Å². The van der Waals surface area contributed by atoms with E-state index in [1.807, 2.05) is 22.7 Å². The number of fused-ring (bicyclic) bond motifs is 1. The van der Waals surface area contributed by atoms with Crippen LogP contribution in [0.15, 0.2) is 67.1 Å². The third-order valence-corrected chi connectivity index (χ3v) is 3.96. The van der Waals surface area contributed by atoms with Gasteiger partial charge in [0.1, 0.15) is 11.6 Å². The van der Waals surface area contributed by atoms with E-state index in [0.29, 0.717) is 18.0 Å². The molecule has 0 spiro atoms. The Labute approximate surface area is 143 Å². The number of halogens is 1. The maximum atomic E-state index is 13.0. The predicted molar refractivity (Wildman–Crippen MR) is 93.8 cm³/mol. The second kappa shape index (κ2) is 6.24. The summed E-state index contributed by atoms with van der Waals surface area (Å²) in [5.74, 6) is 0.619. The van der Waals surface area contributed by atoms with Crippen molar-refractivity contribution in [2.75, 3.05) is 5.32 Å². The summed E-state index contributed by atoms with van der Waals surface area (Å²) in [6, 6.07) is 13.3. The largest absolute Gasteiger partial charge is 0.508 e. The summed E-state index contributed by atoms with van der Waals surface area (Å²) in [4.78, 5) is 8.81. The molecule has 2 aromatic carbocycles. The third-order valence-electron chi connectivity index (χ3n) is 3.96. The molecule has 124 valence electrons. The first kappa shape index (κ1) is 15.1. The summed E-state index contributed by atoms with van der Waals surface area (Å²) in [6.07, 6.45) is 5.31. The van der Waals surface area contributed by atoms with E-state index in [4.69, 9.17) is 0 Å². The molecule has 0 bridgehead atoms. The molecule has 0 fully saturated rings. The van der Waals surface area contributed by atoms with Gasteiger partial charge in [0.05, 0.1) is 11.9 Å². The van der Waals surface area contributed by atoms with Crippen LogP contribution in [0.5, 0.6) is 5.75 Å². The van der Waals surface area contributed by atoms with Crippen LogP contribution < -0.4 is 5.32 Å². The van der Waals surface area contributed by atoms with Crippen LogP contribution in [0.4, 0.5) is 10.2 Å². The first-order valence-electron chi connectivity index (χ1n) is 7.80. The number of phenols is 1. The Kier molecular flexibility index (Phi) is 3.78. The van der Waals surface area contributed by atoms with E-state index in [9.17, 15) is 9.50 Å². The zero-order valence-corrected chi connectivity index (χ0v) is 13.2. The molecule has 2 heterocycles. The smallest absolute Gasteiger partial charge is 0.180 e. The van der Waals surface area contributed by atoms with Crippen molar-refractivity contribution in [1.82, 2.24) is 14.4 Å². The van der Waals surface area contributed by atoms with Gasteiger partial charge in [-0.25, -0.2) is 14.4 Å². The standard InChI is InChI=1S/C19H15FN4O/c20-15-5-1-13(2-6-15)11-22-18-19-23-12-17(24(19)10-9-21-18)14-3-7-16(25)8-4-14/h1-10,12,25H,11H2,(H,21,22). The fraction of sp³-hybridized carbons (Fsp3) is 0.0526. The SMILES string of the molecule is Oc1ccc(-c2cnc3c(NCc4ccc(F)cc4)nccn23)cc1. The van der Waals surface area contributed by atoms with E-state index < -0.39 is 0 Å².